The van der Waals surface area contributed by atoms with Crippen molar-refractivity contribution in [2.45, 2.75) is 38.7 Å². The summed E-state index contributed by atoms with van der Waals surface area (Å²) in [5.41, 5.74) is 4.24. The summed E-state index contributed by atoms with van der Waals surface area (Å²) in [6, 6.07) is 21.4. The van der Waals surface area contributed by atoms with Crippen molar-refractivity contribution in [3.8, 4) is 22.6 Å². The van der Waals surface area contributed by atoms with Gasteiger partial charge in [0.05, 0.1) is 12.2 Å². The molecule has 0 aromatic heterocycles. The lowest BCUT2D eigenvalue weighted by Gasteiger charge is -2.36. The first-order chi connectivity index (χ1) is 14.5. The van der Waals surface area contributed by atoms with E-state index in [9.17, 15) is 9.90 Å². The van der Waals surface area contributed by atoms with Crippen molar-refractivity contribution in [3.05, 3.63) is 83.4 Å². The molecule has 0 fully saturated rings. The van der Waals surface area contributed by atoms with Crippen LogP contribution in [-0.2, 0) is 12.8 Å². The van der Waals surface area contributed by atoms with Crippen molar-refractivity contribution in [1.82, 2.24) is 0 Å². The zero-order valence-electron chi connectivity index (χ0n) is 17.4. The minimum absolute atomic E-state index is 0.284. The molecule has 1 atom stereocenters. The number of rotatable bonds is 6. The molecule has 0 radical (unpaired) electrons. The van der Waals surface area contributed by atoms with Crippen LogP contribution in [-0.4, -0.2) is 23.3 Å². The molecule has 3 aromatic rings. The predicted molar refractivity (Wildman–Crippen MR) is 118 cm³/mol. The van der Waals surface area contributed by atoms with E-state index in [0.717, 1.165) is 41.9 Å². The average Bonchev–Trinajstić information content (AvgIpc) is 2.75. The van der Waals surface area contributed by atoms with Crippen molar-refractivity contribution in [1.29, 1.82) is 0 Å². The molecule has 1 N–H and O–H groups in total. The Kier molecular flexibility index (Phi) is 5.49. The van der Waals surface area contributed by atoms with Crippen molar-refractivity contribution in [3.63, 3.8) is 0 Å². The molecule has 0 amide bonds. The van der Waals surface area contributed by atoms with Gasteiger partial charge in [0.15, 0.2) is 0 Å². The zero-order valence-corrected chi connectivity index (χ0v) is 17.4. The molecule has 1 unspecified atom stereocenters. The average molecular weight is 402 g/mol. The third-order valence-corrected chi connectivity index (χ3v) is 5.60. The monoisotopic (exact) mass is 402 g/mol. The van der Waals surface area contributed by atoms with Crippen LogP contribution in [0.4, 0.5) is 0 Å². The zero-order chi connectivity index (χ0) is 21.1. The van der Waals surface area contributed by atoms with Crippen LogP contribution in [0, 0.1) is 0 Å². The van der Waals surface area contributed by atoms with Crippen LogP contribution in [0.25, 0.3) is 11.1 Å². The van der Waals surface area contributed by atoms with Crippen LogP contribution in [0.15, 0.2) is 66.7 Å². The van der Waals surface area contributed by atoms with Crippen molar-refractivity contribution in [2.75, 3.05) is 6.61 Å². The molecule has 3 aromatic carbocycles. The first-order valence-corrected chi connectivity index (χ1v) is 10.3. The second kappa shape index (κ2) is 8.23. The smallest absolute Gasteiger partial charge is 0.335 e. The molecular weight excluding hydrogens is 376 g/mol. The highest BCUT2D eigenvalue weighted by Gasteiger charge is 2.32. The van der Waals surface area contributed by atoms with Gasteiger partial charge in [-0.15, -0.1) is 0 Å². The van der Waals surface area contributed by atoms with Gasteiger partial charge in [-0.2, -0.15) is 0 Å². The van der Waals surface area contributed by atoms with Crippen LogP contribution in [0.2, 0.25) is 0 Å². The molecule has 4 rings (SSSR count). The van der Waals surface area contributed by atoms with E-state index in [4.69, 9.17) is 9.47 Å². The molecule has 0 aliphatic carbocycles. The topological polar surface area (TPSA) is 55.8 Å². The number of hydrogen-bond donors (Lipinski definition) is 1. The molecule has 1 heterocycles. The van der Waals surface area contributed by atoms with E-state index < -0.39 is 5.97 Å². The molecule has 0 saturated carbocycles. The Morgan fingerprint density at radius 2 is 1.83 bits per heavy atom. The van der Waals surface area contributed by atoms with Gasteiger partial charge in [-0.1, -0.05) is 36.4 Å². The largest absolute Gasteiger partial charge is 0.494 e. The number of aryl methyl sites for hydroxylation is 1. The fourth-order valence-corrected chi connectivity index (χ4v) is 4.01. The molecule has 30 heavy (non-hydrogen) atoms. The molecule has 4 heteroatoms. The standard InChI is InChI=1S/C26H26O4/c1-3-29-23-11-7-18(8-12-23)17-26(2)14-13-19-9-10-21(16-24(19)30-26)20-5-4-6-22(15-20)25(27)28/h4-12,15-16H,3,13-14,17H2,1-2H3,(H,27,28). The predicted octanol–water partition coefficient (Wildman–Crippen LogP) is 5.78. The van der Waals surface area contributed by atoms with Crippen LogP contribution < -0.4 is 9.47 Å². The molecule has 0 bridgehead atoms. The first-order valence-electron chi connectivity index (χ1n) is 10.3. The summed E-state index contributed by atoms with van der Waals surface area (Å²) < 4.78 is 12.0. The van der Waals surface area contributed by atoms with Crippen LogP contribution in [0.5, 0.6) is 11.5 Å². The third-order valence-electron chi connectivity index (χ3n) is 5.60. The fraction of sp³-hybridized carbons (Fsp3) is 0.269. The Bertz CT molecular complexity index is 1050. The Morgan fingerprint density at radius 1 is 1.07 bits per heavy atom. The molecule has 1 aliphatic heterocycles. The number of carbonyl (C=O) groups is 1. The Morgan fingerprint density at radius 3 is 2.57 bits per heavy atom. The maximum Gasteiger partial charge on any atom is 0.335 e. The quantitative estimate of drug-likeness (QED) is 0.568. The third kappa shape index (κ3) is 4.33. The van der Waals surface area contributed by atoms with Crippen molar-refractivity contribution >= 4 is 5.97 Å². The number of carboxylic acids is 1. The SMILES string of the molecule is CCOc1ccc(CC2(C)CCc3ccc(-c4cccc(C(=O)O)c4)cc3O2)cc1. The van der Waals surface area contributed by atoms with Crippen LogP contribution in [0.3, 0.4) is 0 Å². The van der Waals surface area contributed by atoms with E-state index in [1.54, 1.807) is 18.2 Å². The summed E-state index contributed by atoms with van der Waals surface area (Å²) in [5.74, 6) is 0.844. The molecule has 0 spiro atoms. The second-order valence-corrected chi connectivity index (χ2v) is 8.01. The molecule has 0 saturated heterocycles. The van der Waals surface area contributed by atoms with E-state index in [0.29, 0.717) is 6.61 Å². The molecule has 154 valence electrons. The number of benzene rings is 3. The highest BCUT2D eigenvalue weighted by atomic mass is 16.5. The van der Waals surface area contributed by atoms with Gasteiger partial charge in [0.1, 0.15) is 17.1 Å². The lowest BCUT2D eigenvalue weighted by molar-refractivity contribution is 0.0654. The summed E-state index contributed by atoms with van der Waals surface area (Å²) in [6.45, 7) is 4.80. The minimum Gasteiger partial charge on any atom is -0.494 e. The van der Waals surface area contributed by atoms with Crippen LogP contribution in [0.1, 0.15) is 41.8 Å². The fourth-order valence-electron chi connectivity index (χ4n) is 4.01. The Hall–Kier alpha value is -3.27. The van der Waals surface area contributed by atoms with Gasteiger partial charge in [0, 0.05) is 6.42 Å². The maximum absolute atomic E-state index is 11.3. The van der Waals surface area contributed by atoms with E-state index >= 15 is 0 Å². The van der Waals surface area contributed by atoms with E-state index in [1.807, 2.05) is 37.3 Å². The molecule has 1 aliphatic rings. The van der Waals surface area contributed by atoms with Gasteiger partial charge in [-0.05, 0) is 79.3 Å². The summed E-state index contributed by atoms with van der Waals surface area (Å²) in [4.78, 5) is 11.3. The second-order valence-electron chi connectivity index (χ2n) is 8.01. The Labute approximate surface area is 177 Å². The number of aromatic carboxylic acids is 1. The maximum atomic E-state index is 11.3. The number of carboxylic acid groups (broad SMARTS) is 1. The summed E-state index contributed by atoms with van der Waals surface area (Å²) in [6.07, 6.45) is 2.72. The summed E-state index contributed by atoms with van der Waals surface area (Å²) >= 11 is 0. The normalized spacial score (nSPS) is 17.7. The molecular formula is C26H26O4. The van der Waals surface area contributed by atoms with Gasteiger partial charge in [0.2, 0.25) is 0 Å². The van der Waals surface area contributed by atoms with Crippen molar-refractivity contribution in [2.24, 2.45) is 0 Å². The number of ether oxygens (including phenoxy) is 2. The number of fused-ring (bicyclic) bond motifs is 1. The van der Waals surface area contributed by atoms with E-state index in [1.165, 1.54) is 11.1 Å². The summed E-state index contributed by atoms with van der Waals surface area (Å²) in [5, 5.41) is 9.27. The first kappa shape index (κ1) is 20.0. The highest BCUT2D eigenvalue weighted by molar-refractivity contribution is 5.89. The Balaban J connectivity index is 1.56. The van der Waals surface area contributed by atoms with Gasteiger partial charge in [-0.25, -0.2) is 4.79 Å². The van der Waals surface area contributed by atoms with Crippen molar-refractivity contribution < 1.29 is 19.4 Å². The lowest BCUT2D eigenvalue weighted by Crippen LogP contribution is -2.38. The highest BCUT2D eigenvalue weighted by Crippen LogP contribution is 2.38. The van der Waals surface area contributed by atoms with Gasteiger partial charge in [0.25, 0.3) is 0 Å². The van der Waals surface area contributed by atoms with Gasteiger partial charge < -0.3 is 14.6 Å². The van der Waals surface area contributed by atoms with Gasteiger partial charge >= 0.3 is 5.97 Å². The molecule has 4 nitrogen and oxygen atoms in total. The lowest BCUT2D eigenvalue weighted by atomic mass is 9.86. The minimum atomic E-state index is -0.922. The van der Waals surface area contributed by atoms with Crippen LogP contribution >= 0.6 is 0 Å². The number of hydrogen-bond acceptors (Lipinski definition) is 3. The van der Waals surface area contributed by atoms with E-state index in [2.05, 4.69) is 25.1 Å². The van der Waals surface area contributed by atoms with Gasteiger partial charge in [-0.3, -0.25) is 0 Å². The van der Waals surface area contributed by atoms with E-state index in [-0.39, 0.29) is 11.2 Å². The summed E-state index contributed by atoms with van der Waals surface area (Å²) in [7, 11) is 0.